The van der Waals surface area contributed by atoms with Gasteiger partial charge in [-0.05, 0) is 79.4 Å². The Morgan fingerprint density at radius 2 is 1.39 bits per heavy atom. The lowest BCUT2D eigenvalue weighted by Crippen LogP contribution is -2.25. The molecule has 0 bridgehead atoms. The van der Waals surface area contributed by atoms with Crippen molar-refractivity contribution in [3.63, 3.8) is 0 Å². The SMILES string of the molecule is CC1(C)CCc2c(C(=O)Nc3ccn(C(c4ccccc4)C4CCS(=O)(=O)C4)n3)n[nH]c2C1.CC1(C)CCc2c(C(=O)O)nn(COCC[Si](C)(C)C)c2C1.Nc1cnn(C(c2ccccc2)C2CCS(=O)(=O)C2)c1. The third-order valence-corrected chi connectivity index (χ3v) is 20.2. The number of anilines is 2. The van der Waals surface area contributed by atoms with Crippen molar-refractivity contribution < 1.29 is 36.3 Å². The summed E-state index contributed by atoms with van der Waals surface area (Å²) in [5.74, 6) is 0.00820. The number of aromatic nitrogens is 8. The molecule has 6 aromatic rings. The van der Waals surface area contributed by atoms with E-state index in [0.717, 1.165) is 84.8 Å². The summed E-state index contributed by atoms with van der Waals surface area (Å²) in [6.45, 7) is 16.9. The Hall–Kier alpha value is -5.90. The van der Waals surface area contributed by atoms with Gasteiger partial charge in [-0.15, -0.1) is 0 Å². The van der Waals surface area contributed by atoms with Crippen molar-refractivity contribution in [1.82, 2.24) is 39.5 Å². The molecule has 10 rings (SSSR count). The number of hydrogen-bond acceptors (Lipinski definition) is 12. The second-order valence-corrected chi connectivity index (χ2v) is 33.6. The first-order chi connectivity index (χ1) is 35.3. The van der Waals surface area contributed by atoms with Crippen molar-refractivity contribution in [3.8, 4) is 0 Å². The molecular weight excluding hydrogens is 1010 g/mol. The predicted octanol–water partition coefficient (Wildman–Crippen LogP) is 8.30. The number of hydrogen-bond donors (Lipinski definition) is 4. The van der Waals surface area contributed by atoms with Crippen LogP contribution in [0.1, 0.15) is 120 Å². The lowest BCUT2D eigenvalue weighted by Gasteiger charge is -2.30. The molecule has 2 aliphatic carbocycles. The third kappa shape index (κ3) is 14.1. The van der Waals surface area contributed by atoms with Crippen LogP contribution in [0.25, 0.3) is 0 Å². The zero-order valence-electron chi connectivity index (χ0n) is 44.3. The minimum absolute atomic E-state index is 0.0432. The van der Waals surface area contributed by atoms with E-state index in [0.29, 0.717) is 36.8 Å². The van der Waals surface area contributed by atoms with E-state index in [1.165, 1.54) is 0 Å². The molecule has 2 fully saturated rings. The zero-order valence-corrected chi connectivity index (χ0v) is 47.0. The van der Waals surface area contributed by atoms with Crippen LogP contribution < -0.4 is 11.1 Å². The van der Waals surface area contributed by atoms with Gasteiger partial charge in [0.15, 0.2) is 36.9 Å². The van der Waals surface area contributed by atoms with E-state index in [-0.39, 0.29) is 69.4 Å². The van der Waals surface area contributed by atoms with Gasteiger partial charge in [0, 0.05) is 67.5 Å². The summed E-state index contributed by atoms with van der Waals surface area (Å²) in [6.07, 6.45) is 11.8. The van der Waals surface area contributed by atoms with Gasteiger partial charge in [-0.1, -0.05) is 108 Å². The average Bonchev–Trinajstić information content (AvgIpc) is 4.22. The summed E-state index contributed by atoms with van der Waals surface area (Å²) in [7, 11) is -7.07. The van der Waals surface area contributed by atoms with Crippen LogP contribution in [0.15, 0.2) is 85.3 Å². The van der Waals surface area contributed by atoms with E-state index >= 15 is 0 Å². The first kappa shape index (κ1) is 55.3. The number of nitrogens with one attached hydrogen (secondary N) is 2. The molecule has 1 amide bonds. The highest BCUT2D eigenvalue weighted by Gasteiger charge is 2.38. The third-order valence-electron chi connectivity index (χ3n) is 14.9. The molecule has 5 N–H and O–H groups in total. The molecule has 2 aromatic carbocycles. The number of aromatic amines is 1. The Morgan fingerprint density at radius 3 is 1.92 bits per heavy atom. The number of ether oxygens (including phenoxy) is 1. The Kier molecular flexibility index (Phi) is 16.5. The minimum atomic E-state index is -3.04. The second kappa shape index (κ2) is 22.4. The van der Waals surface area contributed by atoms with Crippen LogP contribution >= 0.6 is 0 Å². The lowest BCUT2D eigenvalue weighted by molar-refractivity contribution is 0.0667. The van der Waals surface area contributed by atoms with Crippen LogP contribution in [0, 0.1) is 22.7 Å². The number of fused-ring (bicyclic) bond motifs is 2. The van der Waals surface area contributed by atoms with Crippen molar-refractivity contribution in [1.29, 1.82) is 0 Å². The van der Waals surface area contributed by atoms with Crippen molar-refractivity contribution in [2.75, 3.05) is 40.7 Å². The smallest absolute Gasteiger partial charge is 0.356 e. The number of nitrogens with zero attached hydrogens (tertiary/aromatic N) is 7. The second-order valence-electron chi connectivity index (χ2n) is 23.6. The number of nitrogens with two attached hydrogens (primary N) is 1. The standard InChI is InChI=1S/C24H29N5O3S.C16H28N2O3Si.C14H17N3O2S/c1-24(2)11-8-18-19(14-24)26-27-21(18)23(30)25-20-9-12-29(28-20)22(16-6-4-3-5-7-16)17-10-13-33(31,32)15-17;1-16(2)7-6-12-13(10-16)18(17-14(12)15(19)20)11-21-8-9-22(3,4)5;15-13-8-16-17(9-13)14(11-4-2-1-3-5-11)12-6-7-20(18,19)10-12/h3-7,9,12,17,22H,8,10-11,13-15H2,1-2H3,(H,26,27)(H,25,28,30);6-11H2,1-5H3,(H,19,20);1-5,8-9,12,14H,6-7,10,15H2. The molecule has 4 unspecified atom stereocenters. The van der Waals surface area contributed by atoms with Gasteiger partial charge in [0.05, 0.1) is 47.0 Å². The molecule has 0 radical (unpaired) electrons. The maximum atomic E-state index is 13.0. The molecule has 21 heteroatoms. The topological polar surface area (TPSA) is 252 Å². The summed E-state index contributed by atoms with van der Waals surface area (Å²) in [5, 5.41) is 32.8. The molecule has 4 atom stereocenters. The number of benzene rings is 2. The molecule has 404 valence electrons. The summed E-state index contributed by atoms with van der Waals surface area (Å²) in [6, 6.07) is 22.3. The van der Waals surface area contributed by atoms with Gasteiger partial charge in [-0.3, -0.25) is 19.3 Å². The van der Waals surface area contributed by atoms with E-state index in [9.17, 15) is 31.5 Å². The molecule has 2 saturated heterocycles. The van der Waals surface area contributed by atoms with Gasteiger partial charge < -0.3 is 20.9 Å². The van der Waals surface area contributed by atoms with Crippen molar-refractivity contribution in [3.05, 3.63) is 130 Å². The van der Waals surface area contributed by atoms with E-state index in [4.69, 9.17) is 10.5 Å². The highest BCUT2D eigenvalue weighted by atomic mass is 32.2. The largest absolute Gasteiger partial charge is 0.476 e. The normalized spacial score (nSPS) is 20.8. The molecule has 18 nitrogen and oxygen atoms in total. The van der Waals surface area contributed by atoms with Gasteiger partial charge >= 0.3 is 5.97 Å². The summed E-state index contributed by atoms with van der Waals surface area (Å²) >= 11 is 0. The monoisotopic (exact) mass is 1080 g/mol. The quantitative estimate of drug-likeness (QED) is 0.0592. The minimum Gasteiger partial charge on any atom is -0.476 e. The maximum absolute atomic E-state index is 13.0. The van der Waals surface area contributed by atoms with Crippen LogP contribution in [0.3, 0.4) is 0 Å². The van der Waals surface area contributed by atoms with Gasteiger partial charge in [0.1, 0.15) is 6.73 Å². The molecular formula is C54H74N10O8S2Si. The van der Waals surface area contributed by atoms with Crippen LogP contribution in [0.5, 0.6) is 0 Å². The molecule has 0 saturated carbocycles. The maximum Gasteiger partial charge on any atom is 0.356 e. The van der Waals surface area contributed by atoms with Gasteiger partial charge in [0.25, 0.3) is 5.91 Å². The number of carbonyl (C=O) groups excluding carboxylic acids is 1. The number of carboxylic acid groups (broad SMARTS) is 1. The summed E-state index contributed by atoms with van der Waals surface area (Å²) in [4.78, 5) is 24.4. The fourth-order valence-corrected chi connectivity index (χ4v) is 15.2. The molecule has 2 aliphatic heterocycles. The van der Waals surface area contributed by atoms with Crippen molar-refractivity contribution in [2.45, 2.75) is 124 Å². The van der Waals surface area contributed by atoms with Gasteiger partial charge in [0.2, 0.25) is 0 Å². The predicted molar refractivity (Wildman–Crippen MR) is 293 cm³/mol. The van der Waals surface area contributed by atoms with Gasteiger partial charge in [-0.25, -0.2) is 26.3 Å². The van der Waals surface area contributed by atoms with Crippen LogP contribution in [0.4, 0.5) is 11.5 Å². The molecule has 75 heavy (non-hydrogen) atoms. The van der Waals surface area contributed by atoms with Crippen LogP contribution in [-0.2, 0) is 56.8 Å². The Morgan fingerprint density at radius 1 is 0.813 bits per heavy atom. The number of sulfone groups is 2. The number of aromatic carboxylic acids is 1. The van der Waals surface area contributed by atoms with E-state index in [2.05, 4.69) is 78.1 Å². The Labute approximate surface area is 442 Å². The number of carboxylic acids is 1. The van der Waals surface area contributed by atoms with Crippen LogP contribution in [-0.4, -0.2) is 111 Å². The van der Waals surface area contributed by atoms with Crippen LogP contribution in [0.2, 0.25) is 25.7 Å². The molecule has 4 aliphatic rings. The lowest BCUT2D eigenvalue weighted by atomic mass is 9.76. The molecule has 0 spiro atoms. The number of rotatable bonds is 14. The fraction of sp³-hybridized carbons (Fsp3) is 0.519. The Balaban J connectivity index is 0.000000156. The molecule has 4 aromatic heterocycles. The van der Waals surface area contributed by atoms with Gasteiger partial charge in [-0.2, -0.15) is 20.4 Å². The van der Waals surface area contributed by atoms with Crippen molar-refractivity contribution in [2.24, 2.45) is 22.7 Å². The first-order valence-corrected chi connectivity index (χ1v) is 33.3. The number of carbonyl (C=O) groups is 2. The highest BCUT2D eigenvalue weighted by molar-refractivity contribution is 7.91. The fourth-order valence-electron chi connectivity index (χ4n) is 10.8. The highest BCUT2D eigenvalue weighted by Crippen LogP contribution is 2.39. The first-order valence-electron chi connectivity index (χ1n) is 26.0. The Bertz CT molecular complexity index is 3180. The summed E-state index contributed by atoms with van der Waals surface area (Å²) < 4.78 is 58.9. The van der Waals surface area contributed by atoms with Crippen molar-refractivity contribution >= 4 is 51.1 Å². The number of H-pyrrole nitrogens is 1. The van der Waals surface area contributed by atoms with E-state index in [1.54, 1.807) is 38.7 Å². The number of nitrogen functional groups attached to an aromatic ring is 1. The van der Waals surface area contributed by atoms with E-state index in [1.807, 2.05) is 60.7 Å². The average molecular weight is 1080 g/mol. The summed E-state index contributed by atoms with van der Waals surface area (Å²) in [5.41, 5.74) is 13.4. The molecule has 6 heterocycles. The number of amides is 1. The zero-order chi connectivity index (χ0) is 53.9. The van der Waals surface area contributed by atoms with E-state index < -0.39 is 33.7 Å².